The van der Waals surface area contributed by atoms with Crippen LogP contribution < -0.4 is 5.32 Å². The van der Waals surface area contributed by atoms with Crippen LogP contribution in [0, 0.1) is 0 Å². The third kappa shape index (κ3) is 4.71. The molecule has 134 valence electrons. The third-order valence-corrected chi connectivity index (χ3v) is 4.30. The van der Waals surface area contributed by atoms with Crippen LogP contribution in [0.3, 0.4) is 0 Å². The summed E-state index contributed by atoms with van der Waals surface area (Å²) in [5.41, 5.74) is 1.29. The number of benzene rings is 1. The maximum atomic E-state index is 12.6. The monoisotopic (exact) mass is 353 g/mol. The molecule has 1 aliphatic heterocycles. The second kappa shape index (κ2) is 9.64. The fraction of sp³-hybridized carbons (Fsp3) is 0.556. The zero-order valence-corrected chi connectivity index (χ0v) is 15.6. The minimum absolute atomic E-state index is 0. The van der Waals surface area contributed by atoms with Gasteiger partial charge in [-0.15, -0.1) is 12.4 Å². The molecule has 24 heavy (non-hydrogen) atoms. The van der Waals surface area contributed by atoms with E-state index in [-0.39, 0.29) is 30.3 Å². The molecular formula is C18H28ClN3O2. The van der Waals surface area contributed by atoms with Gasteiger partial charge in [0.05, 0.1) is 0 Å². The van der Waals surface area contributed by atoms with Crippen molar-refractivity contribution in [2.45, 2.75) is 33.2 Å². The van der Waals surface area contributed by atoms with Gasteiger partial charge in [0.15, 0.2) is 0 Å². The molecule has 0 aliphatic carbocycles. The fourth-order valence-electron chi connectivity index (χ4n) is 2.92. The van der Waals surface area contributed by atoms with Crippen LogP contribution in [-0.4, -0.2) is 60.4 Å². The molecule has 2 rings (SSSR count). The minimum Gasteiger partial charge on any atom is -0.339 e. The number of rotatable bonds is 5. The molecule has 1 N–H and O–H groups in total. The van der Waals surface area contributed by atoms with Crippen molar-refractivity contribution >= 4 is 24.2 Å². The van der Waals surface area contributed by atoms with Gasteiger partial charge in [0, 0.05) is 49.9 Å². The molecule has 5 nitrogen and oxygen atoms in total. The molecule has 1 saturated heterocycles. The Morgan fingerprint density at radius 1 is 1.21 bits per heavy atom. The van der Waals surface area contributed by atoms with Gasteiger partial charge in [-0.25, -0.2) is 0 Å². The van der Waals surface area contributed by atoms with Crippen LogP contribution in [0.1, 0.15) is 47.9 Å². The van der Waals surface area contributed by atoms with Crippen LogP contribution in [0.5, 0.6) is 0 Å². The predicted molar refractivity (Wildman–Crippen MR) is 98.9 cm³/mol. The molecule has 1 aliphatic rings. The topological polar surface area (TPSA) is 52.7 Å². The molecule has 1 aromatic carbocycles. The Hall–Kier alpha value is -1.59. The van der Waals surface area contributed by atoms with E-state index < -0.39 is 0 Å². The van der Waals surface area contributed by atoms with E-state index in [9.17, 15) is 9.59 Å². The van der Waals surface area contributed by atoms with Gasteiger partial charge in [0.1, 0.15) is 0 Å². The Morgan fingerprint density at radius 2 is 1.83 bits per heavy atom. The Kier molecular flexibility index (Phi) is 8.22. The number of hydrogen-bond donors (Lipinski definition) is 1. The van der Waals surface area contributed by atoms with Crippen LogP contribution in [0.15, 0.2) is 24.3 Å². The summed E-state index contributed by atoms with van der Waals surface area (Å²) < 4.78 is 0. The van der Waals surface area contributed by atoms with Gasteiger partial charge < -0.3 is 15.1 Å². The lowest BCUT2D eigenvalue weighted by Crippen LogP contribution is -2.52. The first-order chi connectivity index (χ1) is 11.1. The van der Waals surface area contributed by atoms with E-state index in [1.165, 1.54) is 0 Å². The summed E-state index contributed by atoms with van der Waals surface area (Å²) >= 11 is 0. The molecular weight excluding hydrogens is 326 g/mol. The molecule has 1 aromatic rings. The van der Waals surface area contributed by atoms with Crippen molar-refractivity contribution in [2.24, 2.45) is 0 Å². The average molecular weight is 354 g/mol. The fourth-order valence-corrected chi connectivity index (χ4v) is 2.92. The van der Waals surface area contributed by atoms with Gasteiger partial charge in [-0.1, -0.05) is 6.92 Å². The Bertz CT molecular complexity index is 548. The molecule has 0 aromatic heterocycles. The van der Waals surface area contributed by atoms with E-state index in [4.69, 9.17) is 0 Å². The van der Waals surface area contributed by atoms with Gasteiger partial charge in [-0.05, 0) is 44.5 Å². The zero-order valence-electron chi connectivity index (χ0n) is 14.7. The van der Waals surface area contributed by atoms with Crippen molar-refractivity contribution in [3.05, 3.63) is 35.4 Å². The highest BCUT2D eigenvalue weighted by Crippen LogP contribution is 2.13. The molecule has 6 heteroatoms. The lowest BCUT2D eigenvalue weighted by molar-refractivity contribution is 0.0654. The van der Waals surface area contributed by atoms with Crippen molar-refractivity contribution in [3.63, 3.8) is 0 Å². The van der Waals surface area contributed by atoms with E-state index in [0.29, 0.717) is 17.7 Å². The van der Waals surface area contributed by atoms with Crippen molar-refractivity contribution in [1.29, 1.82) is 0 Å². The second-order valence-electron chi connectivity index (χ2n) is 6.01. The minimum atomic E-state index is 0. The van der Waals surface area contributed by atoms with Crippen molar-refractivity contribution in [3.8, 4) is 0 Å². The van der Waals surface area contributed by atoms with Crippen LogP contribution >= 0.6 is 12.4 Å². The summed E-state index contributed by atoms with van der Waals surface area (Å²) in [6.07, 6.45) is 0.942. The van der Waals surface area contributed by atoms with Gasteiger partial charge >= 0.3 is 0 Å². The third-order valence-electron chi connectivity index (χ3n) is 4.30. The van der Waals surface area contributed by atoms with E-state index >= 15 is 0 Å². The lowest BCUT2D eigenvalue weighted by Gasteiger charge is -2.34. The van der Waals surface area contributed by atoms with Crippen molar-refractivity contribution < 1.29 is 9.59 Å². The average Bonchev–Trinajstić information content (AvgIpc) is 2.59. The summed E-state index contributed by atoms with van der Waals surface area (Å²) in [5.74, 6) is 0.0720. The summed E-state index contributed by atoms with van der Waals surface area (Å²) in [7, 11) is 0. The predicted octanol–water partition coefficient (Wildman–Crippen LogP) is 2.41. The number of hydrogen-bond acceptors (Lipinski definition) is 3. The molecule has 2 amide bonds. The first-order valence-electron chi connectivity index (χ1n) is 8.49. The van der Waals surface area contributed by atoms with Gasteiger partial charge in [-0.2, -0.15) is 0 Å². The Balaban J connectivity index is 0.00000288. The van der Waals surface area contributed by atoms with Crippen molar-refractivity contribution in [2.75, 3.05) is 32.7 Å². The summed E-state index contributed by atoms with van der Waals surface area (Å²) in [5, 5.41) is 3.28. The normalized spacial score (nSPS) is 17.1. The number of piperazine rings is 1. The molecule has 0 spiro atoms. The first kappa shape index (κ1) is 20.5. The molecule has 0 bridgehead atoms. The smallest absolute Gasteiger partial charge is 0.254 e. The highest BCUT2D eigenvalue weighted by Gasteiger charge is 2.24. The summed E-state index contributed by atoms with van der Waals surface area (Å²) in [4.78, 5) is 28.7. The van der Waals surface area contributed by atoms with Crippen LogP contribution in [0.4, 0.5) is 0 Å². The van der Waals surface area contributed by atoms with E-state index in [2.05, 4.69) is 12.2 Å². The molecule has 1 atom stereocenters. The zero-order chi connectivity index (χ0) is 16.8. The number of halogens is 1. The number of amides is 2. The maximum absolute atomic E-state index is 12.6. The molecule has 0 unspecified atom stereocenters. The quantitative estimate of drug-likeness (QED) is 0.884. The van der Waals surface area contributed by atoms with E-state index in [0.717, 1.165) is 32.6 Å². The van der Waals surface area contributed by atoms with Gasteiger partial charge in [0.2, 0.25) is 0 Å². The molecule has 0 radical (unpaired) electrons. The van der Waals surface area contributed by atoms with Crippen LogP contribution in [0.2, 0.25) is 0 Å². The highest BCUT2D eigenvalue weighted by molar-refractivity contribution is 5.98. The molecule has 0 saturated carbocycles. The van der Waals surface area contributed by atoms with E-state index in [1.807, 2.05) is 23.6 Å². The first-order valence-corrected chi connectivity index (χ1v) is 8.49. The van der Waals surface area contributed by atoms with Crippen LogP contribution in [0.25, 0.3) is 0 Å². The maximum Gasteiger partial charge on any atom is 0.254 e. The Labute approximate surface area is 150 Å². The van der Waals surface area contributed by atoms with Gasteiger partial charge in [0.25, 0.3) is 11.8 Å². The summed E-state index contributed by atoms with van der Waals surface area (Å²) in [6, 6.07) is 7.26. The highest BCUT2D eigenvalue weighted by atomic mass is 35.5. The number of nitrogens with one attached hydrogen (secondary N) is 1. The standard InChI is InChI=1S/C18H27N3O2.ClH/c1-4-11-20(5-2)17(22)15-6-8-16(9-7-15)18(23)21-12-10-19-13-14(21)3;/h6-9,14,19H,4-5,10-13H2,1-3H3;1H/t14-;/m1./s1. The largest absolute Gasteiger partial charge is 0.339 e. The van der Waals surface area contributed by atoms with E-state index in [1.54, 1.807) is 24.3 Å². The van der Waals surface area contributed by atoms with Crippen LogP contribution in [-0.2, 0) is 0 Å². The second-order valence-corrected chi connectivity index (χ2v) is 6.01. The molecule has 1 heterocycles. The summed E-state index contributed by atoms with van der Waals surface area (Å²) in [6.45, 7) is 9.93. The SMILES string of the molecule is CCCN(CC)C(=O)c1ccc(C(=O)N2CCNC[C@H]2C)cc1.Cl. The molecule has 1 fully saturated rings. The van der Waals surface area contributed by atoms with Gasteiger partial charge in [-0.3, -0.25) is 9.59 Å². The lowest BCUT2D eigenvalue weighted by atomic mass is 10.1. The van der Waals surface area contributed by atoms with Crippen molar-refractivity contribution in [1.82, 2.24) is 15.1 Å². The number of carbonyl (C=O) groups excluding carboxylic acids is 2. The number of nitrogens with zero attached hydrogens (tertiary/aromatic N) is 2. The Morgan fingerprint density at radius 3 is 2.38 bits per heavy atom. The number of carbonyl (C=O) groups is 2.